The molecule has 9 nitrogen and oxygen atoms in total. The van der Waals surface area contributed by atoms with Crippen LogP contribution < -0.4 is 15.4 Å². The number of pyridine rings is 2. The topological polar surface area (TPSA) is 111 Å². The highest BCUT2D eigenvalue weighted by atomic mass is 35.5. The lowest BCUT2D eigenvalue weighted by Crippen LogP contribution is -2.33. The fraction of sp³-hybridized carbons (Fsp3) is 0.188. The molecule has 1 aliphatic heterocycles. The van der Waals surface area contributed by atoms with Crippen LogP contribution >= 0.6 is 23.2 Å². The lowest BCUT2D eigenvalue weighted by Gasteiger charge is -2.15. The minimum atomic E-state index is 0.195. The first-order chi connectivity index (χ1) is 21.0. The van der Waals surface area contributed by atoms with Gasteiger partial charge >= 0.3 is 0 Å². The number of rotatable bonds is 9. The Kier molecular flexibility index (Phi) is 8.22. The maximum Gasteiger partial charge on any atom is 0.218 e. The second-order valence-electron chi connectivity index (χ2n) is 10.1. The number of carbonyl (C=O) groups excluding carboxylic acids is 2. The molecule has 0 amide bonds. The third-order valence-corrected chi connectivity index (χ3v) is 8.19. The third-order valence-electron chi connectivity index (χ3n) is 7.39. The zero-order chi connectivity index (χ0) is 29.9. The van der Waals surface area contributed by atoms with E-state index in [2.05, 4.69) is 20.7 Å². The average molecular weight is 614 g/mol. The Bertz CT molecular complexity index is 1900. The summed E-state index contributed by atoms with van der Waals surface area (Å²) in [5.41, 5.74) is 6.02. The highest BCUT2D eigenvalue weighted by molar-refractivity contribution is 6.39. The van der Waals surface area contributed by atoms with Gasteiger partial charge in [-0.1, -0.05) is 59.6 Å². The number of aromatic nitrogens is 4. The zero-order valence-corrected chi connectivity index (χ0v) is 24.6. The largest absolute Gasteiger partial charge is 0.481 e. The number of hydrogen-bond acceptors (Lipinski definition) is 8. The quantitative estimate of drug-likeness (QED) is 0.158. The van der Waals surface area contributed by atoms with E-state index in [9.17, 15) is 9.59 Å². The van der Waals surface area contributed by atoms with Crippen molar-refractivity contribution in [2.75, 3.05) is 13.7 Å². The number of nitrogens with one attached hydrogen (secondary N) is 2. The molecule has 11 heteroatoms. The van der Waals surface area contributed by atoms with Crippen LogP contribution in [0.1, 0.15) is 28.8 Å². The van der Waals surface area contributed by atoms with Crippen LogP contribution in [0.5, 0.6) is 5.88 Å². The molecule has 1 fully saturated rings. The molecule has 1 atom stereocenters. The summed E-state index contributed by atoms with van der Waals surface area (Å²) in [6, 6.07) is 17.2. The van der Waals surface area contributed by atoms with Crippen LogP contribution in [0, 0.1) is 0 Å². The lowest BCUT2D eigenvalue weighted by atomic mass is 10.00. The number of ether oxygens (including phenoxy) is 1. The van der Waals surface area contributed by atoms with Crippen molar-refractivity contribution in [2.45, 2.75) is 25.4 Å². The van der Waals surface area contributed by atoms with Crippen molar-refractivity contribution in [1.82, 2.24) is 30.4 Å². The predicted molar refractivity (Wildman–Crippen MR) is 167 cm³/mol. The minimum Gasteiger partial charge on any atom is -0.481 e. The Morgan fingerprint density at radius 1 is 1.12 bits per heavy atom. The van der Waals surface area contributed by atoms with Crippen LogP contribution in [0.3, 0.4) is 0 Å². The lowest BCUT2D eigenvalue weighted by molar-refractivity contribution is 0.112. The van der Waals surface area contributed by atoms with Gasteiger partial charge in [0.05, 0.1) is 34.2 Å². The molecule has 0 bridgehead atoms. The highest BCUT2D eigenvalue weighted by Crippen LogP contribution is 2.41. The van der Waals surface area contributed by atoms with Gasteiger partial charge < -0.3 is 15.4 Å². The summed E-state index contributed by atoms with van der Waals surface area (Å²) in [6.45, 7) is 1.26. The van der Waals surface area contributed by atoms with Crippen molar-refractivity contribution < 1.29 is 14.3 Å². The molecule has 3 aromatic heterocycles. The molecule has 2 aromatic carbocycles. The standard InChI is InChI=1S/C32H26Cl2N6O3/c1-43-32-20(14-35-15-22-9-10-23(18-42)37-22)8-11-27(38-32)26-6-2-4-24(29(26)33)25-5-3-7-28(30(25)34)40-16-21-12-19(17-41)13-36-31(21)39-40/h2-8,11-13,16-17,22,35,37H,9-10,14-15H2,1H3/t22-/m0/s1. The zero-order valence-electron chi connectivity index (χ0n) is 23.1. The van der Waals surface area contributed by atoms with E-state index in [0.29, 0.717) is 57.3 Å². The fourth-order valence-corrected chi connectivity index (χ4v) is 5.86. The average Bonchev–Trinajstić information content (AvgIpc) is 3.68. The maximum atomic E-state index is 11.2. The van der Waals surface area contributed by atoms with Crippen molar-refractivity contribution in [3.05, 3.63) is 93.9 Å². The molecule has 1 saturated heterocycles. The van der Waals surface area contributed by atoms with E-state index in [1.54, 1.807) is 24.1 Å². The molecule has 5 aromatic rings. The van der Waals surface area contributed by atoms with Crippen LogP contribution in [0.25, 0.3) is 39.1 Å². The first kappa shape index (κ1) is 28.6. The Morgan fingerprint density at radius 2 is 1.91 bits per heavy atom. The smallest absolute Gasteiger partial charge is 0.218 e. The Labute approximate surface area is 257 Å². The molecule has 0 spiro atoms. The molecule has 4 heterocycles. The van der Waals surface area contributed by atoms with Gasteiger partial charge in [-0.15, -0.1) is 5.10 Å². The van der Waals surface area contributed by atoms with E-state index >= 15 is 0 Å². The number of carbonyl (C=O) groups is 1. The maximum absolute atomic E-state index is 11.2. The monoisotopic (exact) mass is 612 g/mol. The number of methoxy groups -OCH3 is 1. The number of fused-ring (bicyclic) bond motifs is 1. The summed E-state index contributed by atoms with van der Waals surface area (Å²) in [7, 11) is 1.59. The van der Waals surface area contributed by atoms with Crippen LogP contribution in [-0.4, -0.2) is 51.7 Å². The Morgan fingerprint density at radius 3 is 2.67 bits per heavy atom. The molecule has 43 heavy (non-hydrogen) atoms. The normalized spacial score (nSPS) is 14.5. The summed E-state index contributed by atoms with van der Waals surface area (Å²) < 4.78 is 7.27. The number of aldehydes is 1. The van der Waals surface area contributed by atoms with Gasteiger partial charge in [0, 0.05) is 71.1 Å². The van der Waals surface area contributed by atoms with Gasteiger partial charge in [-0.25, -0.2) is 19.4 Å². The molecule has 0 aliphatic carbocycles. The van der Waals surface area contributed by atoms with E-state index in [4.69, 9.17) is 32.9 Å². The minimum absolute atomic E-state index is 0.195. The van der Waals surface area contributed by atoms with Crippen LogP contribution in [0.2, 0.25) is 10.0 Å². The van der Waals surface area contributed by atoms with E-state index in [0.717, 1.165) is 46.8 Å². The van der Waals surface area contributed by atoms with Gasteiger partial charge in [0.1, 0.15) is 5.94 Å². The van der Waals surface area contributed by atoms with Crippen molar-refractivity contribution in [3.63, 3.8) is 0 Å². The van der Waals surface area contributed by atoms with Crippen LogP contribution in [0.4, 0.5) is 0 Å². The molecule has 6 rings (SSSR count). The highest BCUT2D eigenvalue weighted by Gasteiger charge is 2.20. The first-order valence-electron chi connectivity index (χ1n) is 13.6. The fourth-order valence-electron chi connectivity index (χ4n) is 5.22. The molecule has 0 saturated carbocycles. The third kappa shape index (κ3) is 5.76. The number of hydrogen-bond donors (Lipinski definition) is 2. The molecule has 0 unspecified atom stereocenters. The summed E-state index contributed by atoms with van der Waals surface area (Å²) in [4.78, 5) is 31.0. The van der Waals surface area contributed by atoms with Crippen molar-refractivity contribution in [3.8, 4) is 34.0 Å². The number of benzene rings is 2. The predicted octanol–water partition coefficient (Wildman–Crippen LogP) is 5.83. The van der Waals surface area contributed by atoms with Crippen molar-refractivity contribution in [1.29, 1.82) is 0 Å². The van der Waals surface area contributed by atoms with Gasteiger partial charge in [-0.3, -0.25) is 4.79 Å². The van der Waals surface area contributed by atoms with Gasteiger partial charge in [0.25, 0.3) is 0 Å². The summed E-state index contributed by atoms with van der Waals surface area (Å²) in [5.74, 6) is 2.44. The number of nitrogens with zero attached hydrogens (tertiary/aromatic N) is 4. The van der Waals surface area contributed by atoms with E-state index in [1.165, 1.54) is 6.20 Å². The van der Waals surface area contributed by atoms with E-state index in [-0.39, 0.29) is 6.04 Å². The van der Waals surface area contributed by atoms with Gasteiger partial charge in [0.15, 0.2) is 11.9 Å². The van der Waals surface area contributed by atoms with Gasteiger partial charge in [0.2, 0.25) is 5.88 Å². The SMILES string of the molecule is COc1nc(-c2cccc(-c3cccc(-n4cc5cc(C=O)cnc5n4)c3Cl)c2Cl)ccc1CNC[C@@H]1CCC(=C=O)N1. The first-order valence-corrected chi connectivity index (χ1v) is 14.4. The van der Waals surface area contributed by atoms with Crippen molar-refractivity contribution >= 4 is 46.5 Å². The summed E-state index contributed by atoms with van der Waals surface area (Å²) >= 11 is 14.0. The second kappa shape index (κ2) is 12.4. The molecular weight excluding hydrogens is 587 g/mol. The van der Waals surface area contributed by atoms with Gasteiger partial charge in [-0.05, 0) is 24.6 Å². The summed E-state index contributed by atoms with van der Waals surface area (Å²) in [5, 5.41) is 12.8. The number of halogens is 2. The van der Waals surface area contributed by atoms with Gasteiger partial charge in [-0.2, -0.15) is 0 Å². The Hall–Kier alpha value is -4.53. The molecule has 1 aliphatic rings. The van der Waals surface area contributed by atoms with Crippen LogP contribution in [0.15, 0.2) is 72.7 Å². The molecule has 0 radical (unpaired) electrons. The molecule has 216 valence electrons. The second-order valence-corrected chi connectivity index (χ2v) is 10.9. The van der Waals surface area contributed by atoms with E-state index in [1.807, 2.05) is 54.5 Å². The number of allylic oxidation sites excluding steroid dienone is 1. The summed E-state index contributed by atoms with van der Waals surface area (Å²) in [6.07, 6.45) is 5.64. The Balaban J connectivity index is 1.27. The van der Waals surface area contributed by atoms with Crippen molar-refractivity contribution in [2.24, 2.45) is 0 Å². The molecular formula is C32H26Cl2N6O3. The molecule has 2 N–H and O–H groups in total. The van der Waals surface area contributed by atoms with Crippen LogP contribution in [-0.2, 0) is 11.3 Å². The van der Waals surface area contributed by atoms with E-state index < -0.39 is 0 Å².